The standard InChI is InChI=1S/C22H24F3N7/c1-13-29-17-6-5-16(30-20(17)32(13)11-18(23)24)14-9-26-19-15(14)10-27-21(31-19)28-12-22(25)7-3-2-4-8-22/h5-6,9-10,18H,2-4,7-8,11-12H2,1H3,(H2,26,27,28,31). The molecule has 1 fully saturated rings. The summed E-state index contributed by atoms with van der Waals surface area (Å²) in [4.78, 5) is 20.8. The Labute approximate surface area is 182 Å². The molecule has 0 radical (unpaired) electrons. The lowest BCUT2D eigenvalue weighted by Crippen LogP contribution is -2.34. The number of aryl methyl sites for hydroxylation is 1. The maximum atomic E-state index is 14.9. The lowest BCUT2D eigenvalue weighted by atomic mass is 9.86. The van der Waals surface area contributed by atoms with Gasteiger partial charge in [0.2, 0.25) is 5.95 Å². The van der Waals surface area contributed by atoms with Gasteiger partial charge in [-0.2, -0.15) is 4.98 Å². The van der Waals surface area contributed by atoms with Crippen LogP contribution in [0.25, 0.3) is 33.5 Å². The Morgan fingerprint density at radius 3 is 2.75 bits per heavy atom. The van der Waals surface area contributed by atoms with E-state index in [1.54, 1.807) is 31.5 Å². The smallest absolute Gasteiger partial charge is 0.256 e. The number of rotatable bonds is 6. The third-order valence-electron chi connectivity index (χ3n) is 6.12. The van der Waals surface area contributed by atoms with Gasteiger partial charge in [-0.15, -0.1) is 0 Å². The Kier molecular flexibility index (Phi) is 5.22. The van der Waals surface area contributed by atoms with Crippen LogP contribution in [0.3, 0.4) is 0 Å². The molecule has 168 valence electrons. The van der Waals surface area contributed by atoms with Crippen LogP contribution in [0, 0.1) is 6.92 Å². The first-order valence-electron chi connectivity index (χ1n) is 10.8. The van der Waals surface area contributed by atoms with Crippen molar-refractivity contribution in [3.63, 3.8) is 0 Å². The highest BCUT2D eigenvalue weighted by molar-refractivity contribution is 5.93. The molecular weight excluding hydrogens is 419 g/mol. The molecule has 0 atom stereocenters. The third kappa shape index (κ3) is 3.89. The van der Waals surface area contributed by atoms with Crippen molar-refractivity contribution in [3.05, 3.63) is 30.4 Å². The van der Waals surface area contributed by atoms with Crippen LogP contribution in [-0.4, -0.2) is 48.1 Å². The molecule has 0 spiro atoms. The van der Waals surface area contributed by atoms with Crippen LogP contribution < -0.4 is 5.32 Å². The fraction of sp³-hybridized carbons (Fsp3) is 0.455. The minimum absolute atomic E-state index is 0.192. The Morgan fingerprint density at radius 1 is 1.16 bits per heavy atom. The average Bonchev–Trinajstić information content (AvgIpc) is 3.33. The molecule has 4 aromatic rings. The van der Waals surface area contributed by atoms with Gasteiger partial charge >= 0.3 is 0 Å². The molecule has 5 rings (SSSR count). The summed E-state index contributed by atoms with van der Waals surface area (Å²) in [5, 5.41) is 3.78. The maximum Gasteiger partial charge on any atom is 0.256 e. The van der Waals surface area contributed by atoms with Gasteiger partial charge in [-0.1, -0.05) is 19.3 Å². The number of aromatic nitrogens is 6. The van der Waals surface area contributed by atoms with E-state index in [-0.39, 0.29) is 6.54 Å². The van der Waals surface area contributed by atoms with Crippen LogP contribution in [0.4, 0.5) is 19.1 Å². The van der Waals surface area contributed by atoms with E-state index >= 15 is 0 Å². The fourth-order valence-electron chi connectivity index (χ4n) is 4.43. The molecule has 10 heteroatoms. The number of H-pyrrole nitrogens is 1. The molecule has 0 aromatic carbocycles. The molecule has 0 unspecified atom stereocenters. The van der Waals surface area contributed by atoms with Crippen LogP contribution >= 0.6 is 0 Å². The summed E-state index contributed by atoms with van der Waals surface area (Å²) in [6, 6.07) is 3.57. The topological polar surface area (TPSA) is 84.3 Å². The first-order valence-corrected chi connectivity index (χ1v) is 10.8. The zero-order chi connectivity index (χ0) is 22.3. The van der Waals surface area contributed by atoms with Crippen LogP contribution in [0.2, 0.25) is 0 Å². The summed E-state index contributed by atoms with van der Waals surface area (Å²) in [6.45, 7) is 1.42. The van der Waals surface area contributed by atoms with Crippen molar-refractivity contribution in [3.8, 4) is 11.3 Å². The highest BCUT2D eigenvalue weighted by Gasteiger charge is 2.31. The van der Waals surface area contributed by atoms with Crippen LogP contribution in [-0.2, 0) is 6.54 Å². The highest BCUT2D eigenvalue weighted by atomic mass is 19.3. The Bertz CT molecular complexity index is 1260. The molecule has 1 saturated carbocycles. The summed E-state index contributed by atoms with van der Waals surface area (Å²) >= 11 is 0. The summed E-state index contributed by atoms with van der Waals surface area (Å²) in [5.74, 6) is 0.856. The number of hydrogen-bond donors (Lipinski definition) is 2. The van der Waals surface area contributed by atoms with Crippen molar-refractivity contribution < 1.29 is 13.2 Å². The van der Waals surface area contributed by atoms with Gasteiger partial charge in [0.15, 0.2) is 5.65 Å². The SMILES string of the molecule is Cc1nc2ccc(-c3c[nH]c4nc(NCC5(F)CCCCC5)ncc34)nc2n1CC(F)F. The van der Waals surface area contributed by atoms with Crippen molar-refractivity contribution in [1.29, 1.82) is 0 Å². The second-order valence-electron chi connectivity index (χ2n) is 8.42. The van der Waals surface area contributed by atoms with Crippen LogP contribution in [0.5, 0.6) is 0 Å². The van der Waals surface area contributed by atoms with E-state index in [0.29, 0.717) is 47.1 Å². The van der Waals surface area contributed by atoms with Crippen molar-refractivity contribution in [2.24, 2.45) is 0 Å². The number of nitrogens with zero attached hydrogens (tertiary/aromatic N) is 5. The number of pyridine rings is 1. The van der Waals surface area contributed by atoms with Crippen molar-refractivity contribution >= 4 is 28.1 Å². The Balaban J connectivity index is 1.43. The third-order valence-corrected chi connectivity index (χ3v) is 6.12. The van der Waals surface area contributed by atoms with E-state index in [1.165, 1.54) is 4.57 Å². The summed E-state index contributed by atoms with van der Waals surface area (Å²) < 4.78 is 42.3. The summed E-state index contributed by atoms with van der Waals surface area (Å²) in [5.41, 5.74) is 1.72. The highest BCUT2D eigenvalue weighted by Crippen LogP contribution is 2.32. The van der Waals surface area contributed by atoms with Gasteiger partial charge in [0.1, 0.15) is 22.7 Å². The molecule has 7 nitrogen and oxygen atoms in total. The minimum Gasteiger partial charge on any atom is -0.351 e. The number of aromatic amines is 1. The fourth-order valence-corrected chi connectivity index (χ4v) is 4.43. The Morgan fingerprint density at radius 2 is 1.97 bits per heavy atom. The predicted octanol–water partition coefficient (Wildman–Crippen LogP) is 5.03. The summed E-state index contributed by atoms with van der Waals surface area (Å²) in [6.07, 6.45) is 4.94. The molecular formula is C22H24F3N7. The number of halogens is 3. The molecule has 0 saturated heterocycles. The number of alkyl halides is 3. The molecule has 32 heavy (non-hydrogen) atoms. The number of imidazole rings is 1. The monoisotopic (exact) mass is 443 g/mol. The Hall–Kier alpha value is -3.17. The van der Waals surface area contributed by atoms with Gasteiger partial charge in [-0.25, -0.2) is 28.1 Å². The van der Waals surface area contributed by atoms with E-state index in [1.807, 2.05) is 0 Å². The van der Waals surface area contributed by atoms with Gasteiger partial charge in [0.25, 0.3) is 6.43 Å². The quantitative estimate of drug-likeness (QED) is 0.437. The normalized spacial score (nSPS) is 16.3. The van der Waals surface area contributed by atoms with Crippen molar-refractivity contribution in [1.82, 2.24) is 29.5 Å². The predicted molar refractivity (Wildman–Crippen MR) is 117 cm³/mol. The number of anilines is 1. The van der Waals surface area contributed by atoms with Gasteiger partial charge in [-0.05, 0) is 31.9 Å². The van der Waals surface area contributed by atoms with Gasteiger partial charge in [-0.3, -0.25) is 0 Å². The van der Waals surface area contributed by atoms with E-state index in [0.717, 1.165) is 30.2 Å². The maximum absolute atomic E-state index is 14.9. The molecule has 1 aliphatic carbocycles. The zero-order valence-corrected chi connectivity index (χ0v) is 17.7. The molecule has 0 aliphatic heterocycles. The molecule has 0 amide bonds. The largest absolute Gasteiger partial charge is 0.351 e. The van der Waals surface area contributed by atoms with Crippen molar-refractivity contribution in [2.75, 3.05) is 11.9 Å². The van der Waals surface area contributed by atoms with Gasteiger partial charge in [0, 0.05) is 23.3 Å². The first kappa shape index (κ1) is 20.7. The number of nitrogens with one attached hydrogen (secondary N) is 2. The molecule has 4 heterocycles. The van der Waals surface area contributed by atoms with Gasteiger partial charge in [0.05, 0.1) is 18.8 Å². The molecule has 1 aliphatic rings. The molecule has 2 N–H and O–H groups in total. The van der Waals surface area contributed by atoms with E-state index < -0.39 is 18.6 Å². The lowest BCUT2D eigenvalue weighted by molar-refractivity contribution is 0.122. The summed E-state index contributed by atoms with van der Waals surface area (Å²) in [7, 11) is 0. The number of fused-ring (bicyclic) bond motifs is 2. The van der Waals surface area contributed by atoms with Gasteiger partial charge < -0.3 is 14.9 Å². The van der Waals surface area contributed by atoms with Crippen LogP contribution in [0.1, 0.15) is 37.9 Å². The zero-order valence-electron chi connectivity index (χ0n) is 17.7. The van der Waals surface area contributed by atoms with E-state index in [9.17, 15) is 13.2 Å². The molecule has 0 bridgehead atoms. The van der Waals surface area contributed by atoms with E-state index in [4.69, 9.17) is 0 Å². The first-order chi connectivity index (χ1) is 15.4. The minimum atomic E-state index is -2.50. The molecule has 4 aromatic heterocycles. The second-order valence-corrected chi connectivity index (χ2v) is 8.42. The average molecular weight is 443 g/mol. The van der Waals surface area contributed by atoms with Crippen molar-refractivity contribution in [2.45, 2.75) is 57.7 Å². The van der Waals surface area contributed by atoms with E-state index in [2.05, 4.69) is 30.2 Å². The second kappa shape index (κ2) is 8.07. The number of hydrogen-bond acceptors (Lipinski definition) is 5. The lowest BCUT2D eigenvalue weighted by Gasteiger charge is -2.29. The van der Waals surface area contributed by atoms with Crippen LogP contribution in [0.15, 0.2) is 24.5 Å².